The average Bonchev–Trinajstić information content (AvgIpc) is 2.23. The maximum Gasteiger partial charge on any atom is 0.123 e. The molecule has 1 atom stereocenters. The van der Waals surface area contributed by atoms with Crippen LogP contribution in [0.1, 0.15) is 24.9 Å². The van der Waals surface area contributed by atoms with Crippen LogP contribution in [-0.4, -0.2) is 32.1 Å². The second kappa shape index (κ2) is 6.61. The van der Waals surface area contributed by atoms with Crippen molar-refractivity contribution in [2.24, 2.45) is 0 Å². The van der Waals surface area contributed by atoms with Crippen LogP contribution in [0.5, 0.6) is 0 Å². The number of benzene rings is 1. The van der Waals surface area contributed by atoms with Crippen LogP contribution in [-0.2, 0) is 0 Å². The predicted octanol–water partition coefficient (Wildman–Crippen LogP) is 2.43. The van der Waals surface area contributed by atoms with Crippen molar-refractivity contribution < 1.29 is 4.39 Å². The van der Waals surface area contributed by atoms with Gasteiger partial charge in [0.2, 0.25) is 0 Å². The molecular weight excluding hydrogens is 203 g/mol. The van der Waals surface area contributed by atoms with E-state index in [0.29, 0.717) is 0 Å². The second-order valence-corrected chi connectivity index (χ2v) is 4.32. The molecule has 16 heavy (non-hydrogen) atoms. The summed E-state index contributed by atoms with van der Waals surface area (Å²) in [6.45, 7) is 3.96. The van der Waals surface area contributed by atoms with Gasteiger partial charge in [-0.3, -0.25) is 0 Å². The van der Waals surface area contributed by atoms with Crippen molar-refractivity contribution in [1.29, 1.82) is 0 Å². The van der Waals surface area contributed by atoms with Gasteiger partial charge in [-0.2, -0.15) is 0 Å². The van der Waals surface area contributed by atoms with Crippen molar-refractivity contribution in [2.45, 2.75) is 19.4 Å². The zero-order valence-corrected chi connectivity index (χ0v) is 10.3. The van der Waals surface area contributed by atoms with Gasteiger partial charge < -0.3 is 10.2 Å². The third-order valence-corrected chi connectivity index (χ3v) is 2.44. The van der Waals surface area contributed by atoms with Crippen LogP contribution < -0.4 is 5.32 Å². The molecule has 1 rings (SSSR count). The van der Waals surface area contributed by atoms with Crippen molar-refractivity contribution in [1.82, 2.24) is 10.2 Å². The molecule has 0 radical (unpaired) electrons. The molecule has 0 aliphatic rings. The quantitative estimate of drug-likeness (QED) is 0.798. The SMILES string of the molecule is CCCNC(CN(C)C)c1cccc(F)c1. The largest absolute Gasteiger partial charge is 0.309 e. The molecule has 90 valence electrons. The van der Waals surface area contributed by atoms with E-state index in [2.05, 4.69) is 17.1 Å². The Bertz CT molecular complexity index is 313. The highest BCUT2D eigenvalue weighted by Crippen LogP contribution is 2.14. The molecule has 0 amide bonds. The third kappa shape index (κ3) is 4.29. The van der Waals surface area contributed by atoms with Crippen molar-refractivity contribution in [3.63, 3.8) is 0 Å². The first-order valence-electron chi connectivity index (χ1n) is 5.77. The normalized spacial score (nSPS) is 13.1. The molecule has 0 aliphatic heterocycles. The Balaban J connectivity index is 2.74. The van der Waals surface area contributed by atoms with Gasteiger partial charge in [-0.05, 0) is 44.8 Å². The van der Waals surface area contributed by atoms with Crippen LogP contribution in [0.15, 0.2) is 24.3 Å². The molecule has 0 saturated heterocycles. The monoisotopic (exact) mass is 224 g/mol. The van der Waals surface area contributed by atoms with Crippen molar-refractivity contribution in [3.05, 3.63) is 35.6 Å². The maximum absolute atomic E-state index is 13.1. The molecule has 0 aliphatic carbocycles. The van der Waals surface area contributed by atoms with Gasteiger partial charge in [-0.25, -0.2) is 4.39 Å². The smallest absolute Gasteiger partial charge is 0.123 e. The van der Waals surface area contributed by atoms with Crippen molar-refractivity contribution in [2.75, 3.05) is 27.2 Å². The summed E-state index contributed by atoms with van der Waals surface area (Å²) in [5.41, 5.74) is 1.02. The van der Waals surface area contributed by atoms with E-state index < -0.39 is 0 Å². The summed E-state index contributed by atoms with van der Waals surface area (Å²) in [5.74, 6) is -0.167. The molecule has 1 aromatic carbocycles. The molecular formula is C13H21FN2. The van der Waals surface area contributed by atoms with Gasteiger partial charge in [0.05, 0.1) is 0 Å². The lowest BCUT2D eigenvalue weighted by Crippen LogP contribution is -2.31. The van der Waals surface area contributed by atoms with Crippen LogP contribution >= 0.6 is 0 Å². The molecule has 0 aromatic heterocycles. The van der Waals surface area contributed by atoms with Crippen LogP contribution in [0.2, 0.25) is 0 Å². The minimum atomic E-state index is -0.167. The van der Waals surface area contributed by atoms with E-state index in [1.807, 2.05) is 20.2 Å². The summed E-state index contributed by atoms with van der Waals surface area (Å²) in [4.78, 5) is 2.11. The van der Waals surface area contributed by atoms with E-state index in [0.717, 1.165) is 25.1 Å². The Kier molecular flexibility index (Phi) is 5.43. The number of hydrogen-bond acceptors (Lipinski definition) is 2. The van der Waals surface area contributed by atoms with E-state index in [9.17, 15) is 4.39 Å². The Morgan fingerprint density at radius 2 is 2.12 bits per heavy atom. The molecule has 1 aromatic rings. The highest BCUT2D eigenvalue weighted by molar-refractivity contribution is 5.20. The standard InChI is InChI=1S/C13H21FN2/c1-4-8-15-13(10-16(2)3)11-6-5-7-12(14)9-11/h5-7,9,13,15H,4,8,10H2,1-3H3. The first kappa shape index (κ1) is 13.1. The van der Waals surface area contributed by atoms with Gasteiger partial charge in [0.25, 0.3) is 0 Å². The fraction of sp³-hybridized carbons (Fsp3) is 0.538. The summed E-state index contributed by atoms with van der Waals surface area (Å²) in [7, 11) is 4.06. The lowest BCUT2D eigenvalue weighted by molar-refractivity contribution is 0.341. The third-order valence-electron chi connectivity index (χ3n) is 2.44. The number of halogens is 1. The number of likely N-dealkylation sites (N-methyl/N-ethyl adjacent to an activating group) is 1. The lowest BCUT2D eigenvalue weighted by atomic mass is 10.1. The lowest BCUT2D eigenvalue weighted by Gasteiger charge is -2.22. The van der Waals surface area contributed by atoms with Crippen LogP contribution in [0, 0.1) is 5.82 Å². The second-order valence-electron chi connectivity index (χ2n) is 4.32. The summed E-state index contributed by atoms with van der Waals surface area (Å²) in [6.07, 6.45) is 1.08. The van der Waals surface area contributed by atoms with E-state index in [1.165, 1.54) is 6.07 Å². The highest BCUT2D eigenvalue weighted by atomic mass is 19.1. The predicted molar refractivity (Wildman–Crippen MR) is 66.0 cm³/mol. The first-order valence-corrected chi connectivity index (χ1v) is 5.77. The summed E-state index contributed by atoms with van der Waals surface area (Å²) in [6, 6.07) is 7.03. The van der Waals surface area contributed by atoms with Gasteiger partial charge in [-0.1, -0.05) is 19.1 Å². The Labute approximate surface area is 97.5 Å². The minimum absolute atomic E-state index is 0.167. The molecule has 0 fully saturated rings. The zero-order chi connectivity index (χ0) is 12.0. The fourth-order valence-electron chi connectivity index (χ4n) is 1.69. The molecule has 1 N–H and O–H groups in total. The highest BCUT2D eigenvalue weighted by Gasteiger charge is 2.11. The fourth-order valence-corrected chi connectivity index (χ4v) is 1.69. The Morgan fingerprint density at radius 3 is 2.69 bits per heavy atom. The molecule has 0 spiro atoms. The summed E-state index contributed by atoms with van der Waals surface area (Å²) < 4.78 is 13.1. The minimum Gasteiger partial charge on any atom is -0.309 e. The van der Waals surface area contributed by atoms with E-state index >= 15 is 0 Å². The number of nitrogens with zero attached hydrogens (tertiary/aromatic N) is 1. The number of nitrogens with one attached hydrogen (secondary N) is 1. The van der Waals surface area contributed by atoms with E-state index in [4.69, 9.17) is 0 Å². The molecule has 2 nitrogen and oxygen atoms in total. The van der Waals surface area contributed by atoms with Crippen LogP contribution in [0.4, 0.5) is 4.39 Å². The number of rotatable bonds is 6. The average molecular weight is 224 g/mol. The Hall–Kier alpha value is -0.930. The maximum atomic E-state index is 13.1. The van der Waals surface area contributed by atoms with E-state index in [-0.39, 0.29) is 11.9 Å². The van der Waals surface area contributed by atoms with Crippen LogP contribution in [0.25, 0.3) is 0 Å². The Morgan fingerprint density at radius 1 is 1.38 bits per heavy atom. The summed E-state index contributed by atoms with van der Waals surface area (Å²) in [5, 5.41) is 3.44. The molecule has 0 bridgehead atoms. The zero-order valence-electron chi connectivity index (χ0n) is 10.3. The topological polar surface area (TPSA) is 15.3 Å². The molecule has 3 heteroatoms. The van der Waals surface area contributed by atoms with Gasteiger partial charge in [0.15, 0.2) is 0 Å². The molecule has 0 saturated carbocycles. The first-order chi connectivity index (χ1) is 7.63. The molecule has 0 heterocycles. The van der Waals surface area contributed by atoms with Crippen molar-refractivity contribution >= 4 is 0 Å². The summed E-state index contributed by atoms with van der Waals surface area (Å²) >= 11 is 0. The van der Waals surface area contributed by atoms with Gasteiger partial charge in [0.1, 0.15) is 5.82 Å². The molecule has 1 unspecified atom stereocenters. The van der Waals surface area contributed by atoms with Gasteiger partial charge >= 0.3 is 0 Å². The van der Waals surface area contributed by atoms with Gasteiger partial charge in [0, 0.05) is 12.6 Å². The van der Waals surface area contributed by atoms with Crippen molar-refractivity contribution in [3.8, 4) is 0 Å². The number of hydrogen-bond donors (Lipinski definition) is 1. The van der Waals surface area contributed by atoms with E-state index in [1.54, 1.807) is 12.1 Å². The van der Waals surface area contributed by atoms with Crippen LogP contribution in [0.3, 0.4) is 0 Å². The van der Waals surface area contributed by atoms with Gasteiger partial charge in [-0.15, -0.1) is 0 Å².